The van der Waals surface area contributed by atoms with Crippen LogP contribution in [0.15, 0.2) is 36.7 Å². The summed E-state index contributed by atoms with van der Waals surface area (Å²) in [5, 5.41) is 3.93. The van der Waals surface area contributed by atoms with Crippen LogP contribution < -0.4 is 0 Å². The fourth-order valence-corrected chi connectivity index (χ4v) is 4.10. The fraction of sp³-hybridized carbons (Fsp3) is 0.455. The number of alkyl halides is 3. The molecule has 1 aliphatic heterocycles. The van der Waals surface area contributed by atoms with Crippen LogP contribution in [0.1, 0.15) is 54.2 Å². The monoisotopic (exact) mass is 431 g/mol. The van der Waals surface area contributed by atoms with Gasteiger partial charge in [0.2, 0.25) is 5.91 Å². The second-order valence-corrected chi connectivity index (χ2v) is 7.98. The number of aryl methyl sites for hydroxylation is 2. The zero-order valence-electron chi connectivity index (χ0n) is 17.3. The van der Waals surface area contributed by atoms with Gasteiger partial charge in [-0.05, 0) is 56.4 Å². The van der Waals surface area contributed by atoms with Gasteiger partial charge in [-0.15, -0.1) is 0 Å². The predicted molar refractivity (Wildman–Crippen MR) is 108 cm³/mol. The average Bonchev–Trinajstić information content (AvgIpc) is 3.13. The normalized spacial score (nSPS) is 15.5. The molecule has 4 heterocycles. The molecule has 0 radical (unpaired) electrons. The van der Waals surface area contributed by atoms with Gasteiger partial charge in [0.1, 0.15) is 5.69 Å². The molecule has 31 heavy (non-hydrogen) atoms. The maximum atomic E-state index is 13.5. The summed E-state index contributed by atoms with van der Waals surface area (Å²) >= 11 is 0. The van der Waals surface area contributed by atoms with Gasteiger partial charge >= 0.3 is 6.18 Å². The summed E-state index contributed by atoms with van der Waals surface area (Å²) in [6, 6.07) is 6.55. The lowest BCUT2D eigenvalue weighted by Gasteiger charge is -2.32. The molecule has 4 rings (SSSR count). The highest BCUT2D eigenvalue weighted by atomic mass is 19.4. The third kappa shape index (κ3) is 4.86. The highest BCUT2D eigenvalue weighted by molar-refractivity contribution is 5.76. The minimum Gasteiger partial charge on any atom is -0.343 e. The van der Waals surface area contributed by atoms with Crippen LogP contribution in [0, 0.1) is 6.92 Å². The van der Waals surface area contributed by atoms with E-state index in [9.17, 15) is 18.0 Å². The van der Waals surface area contributed by atoms with Crippen molar-refractivity contribution >= 4 is 11.6 Å². The lowest BCUT2D eigenvalue weighted by Crippen LogP contribution is -2.38. The maximum Gasteiger partial charge on any atom is 0.433 e. The number of carbonyl (C=O) groups excluding carboxylic acids is 1. The summed E-state index contributed by atoms with van der Waals surface area (Å²) in [5.41, 5.74) is 1.46. The van der Waals surface area contributed by atoms with E-state index in [1.54, 1.807) is 25.4 Å². The van der Waals surface area contributed by atoms with Crippen LogP contribution in [0.4, 0.5) is 13.2 Å². The van der Waals surface area contributed by atoms with Crippen molar-refractivity contribution in [1.29, 1.82) is 0 Å². The molecule has 0 aliphatic carbocycles. The molecule has 0 unspecified atom stereocenters. The molecule has 0 bridgehead atoms. The molecular weight excluding hydrogens is 407 g/mol. The number of rotatable bonds is 5. The van der Waals surface area contributed by atoms with Gasteiger partial charge in [-0.2, -0.15) is 18.3 Å². The summed E-state index contributed by atoms with van der Waals surface area (Å²) in [6.07, 6.45) is 2.21. The number of fused-ring (bicyclic) bond motifs is 1. The molecule has 0 N–H and O–H groups in total. The van der Waals surface area contributed by atoms with Gasteiger partial charge in [0, 0.05) is 49.6 Å². The number of likely N-dealkylation sites (tertiary alicyclic amines) is 1. The van der Waals surface area contributed by atoms with Crippen LogP contribution in [-0.2, 0) is 17.4 Å². The van der Waals surface area contributed by atoms with E-state index in [1.807, 2.05) is 17.0 Å². The van der Waals surface area contributed by atoms with E-state index in [4.69, 9.17) is 0 Å². The summed E-state index contributed by atoms with van der Waals surface area (Å²) in [7, 11) is 0. The van der Waals surface area contributed by atoms with Gasteiger partial charge in [-0.25, -0.2) is 9.50 Å². The molecule has 1 fully saturated rings. The van der Waals surface area contributed by atoms with E-state index in [0.29, 0.717) is 43.7 Å². The van der Waals surface area contributed by atoms with Crippen molar-refractivity contribution in [1.82, 2.24) is 24.5 Å². The quantitative estimate of drug-likeness (QED) is 0.608. The molecule has 1 saturated heterocycles. The van der Waals surface area contributed by atoms with Crippen molar-refractivity contribution in [3.63, 3.8) is 0 Å². The van der Waals surface area contributed by atoms with E-state index in [-0.39, 0.29) is 17.5 Å². The fourth-order valence-electron chi connectivity index (χ4n) is 4.10. The third-order valence-corrected chi connectivity index (χ3v) is 5.73. The smallest absolute Gasteiger partial charge is 0.343 e. The van der Waals surface area contributed by atoms with Crippen molar-refractivity contribution in [3.05, 3.63) is 59.3 Å². The average molecular weight is 431 g/mol. The van der Waals surface area contributed by atoms with Crippen molar-refractivity contribution in [3.8, 4) is 0 Å². The Bertz CT molecular complexity index is 1060. The minimum absolute atomic E-state index is 0.0957. The first-order valence-corrected chi connectivity index (χ1v) is 10.4. The molecular formula is C22H24F3N5O. The van der Waals surface area contributed by atoms with Crippen LogP contribution in [0.2, 0.25) is 0 Å². The van der Waals surface area contributed by atoms with E-state index < -0.39 is 11.9 Å². The zero-order valence-corrected chi connectivity index (χ0v) is 17.3. The molecule has 0 saturated carbocycles. The van der Waals surface area contributed by atoms with E-state index in [2.05, 4.69) is 15.1 Å². The van der Waals surface area contributed by atoms with Crippen LogP contribution >= 0.6 is 0 Å². The number of nitrogens with zero attached hydrogens (tertiary/aromatic N) is 5. The van der Waals surface area contributed by atoms with Gasteiger partial charge in [0.15, 0.2) is 5.65 Å². The Morgan fingerprint density at radius 2 is 1.87 bits per heavy atom. The number of aromatic nitrogens is 4. The van der Waals surface area contributed by atoms with Crippen molar-refractivity contribution in [2.24, 2.45) is 0 Å². The zero-order chi connectivity index (χ0) is 22.0. The Kier molecular flexibility index (Phi) is 5.93. The molecule has 164 valence electrons. The maximum absolute atomic E-state index is 13.5. The third-order valence-electron chi connectivity index (χ3n) is 5.73. The second-order valence-electron chi connectivity index (χ2n) is 7.98. The van der Waals surface area contributed by atoms with Crippen LogP contribution in [0.3, 0.4) is 0 Å². The molecule has 0 spiro atoms. The van der Waals surface area contributed by atoms with Gasteiger partial charge < -0.3 is 4.90 Å². The number of carbonyl (C=O) groups is 1. The SMILES string of the molecule is Cc1cc2nc(C3CCN(C(=O)CCCc4ccncc4)CC3)cc(C(F)(F)F)n2n1. The van der Waals surface area contributed by atoms with Crippen molar-refractivity contribution in [2.45, 2.75) is 51.1 Å². The highest BCUT2D eigenvalue weighted by Crippen LogP contribution is 2.34. The van der Waals surface area contributed by atoms with E-state index >= 15 is 0 Å². The topological polar surface area (TPSA) is 63.4 Å². The Hall–Kier alpha value is -2.97. The predicted octanol–water partition coefficient (Wildman–Crippen LogP) is 4.18. The summed E-state index contributed by atoms with van der Waals surface area (Å²) in [4.78, 5) is 22.8. The van der Waals surface area contributed by atoms with Gasteiger partial charge in [-0.1, -0.05) is 0 Å². The molecule has 1 amide bonds. The summed E-state index contributed by atoms with van der Waals surface area (Å²) in [6.45, 7) is 2.71. The lowest BCUT2D eigenvalue weighted by molar-refractivity contribution is -0.142. The standard InChI is InChI=1S/C22H24F3N5O/c1-15-13-20-27-18(14-19(22(23,24)25)30(20)28-15)17-7-11-29(12-8-17)21(31)4-2-3-16-5-9-26-10-6-16/h5-6,9-10,13-14,17H,2-4,7-8,11-12H2,1H3. The first kappa shape index (κ1) is 21.3. The highest BCUT2D eigenvalue weighted by Gasteiger charge is 2.36. The van der Waals surface area contributed by atoms with Gasteiger partial charge in [0.05, 0.1) is 5.69 Å². The molecule has 3 aromatic rings. The van der Waals surface area contributed by atoms with Crippen LogP contribution in [0.25, 0.3) is 5.65 Å². The Morgan fingerprint density at radius 1 is 1.16 bits per heavy atom. The number of halogens is 3. The molecule has 1 aliphatic rings. The largest absolute Gasteiger partial charge is 0.433 e. The molecule has 0 aromatic carbocycles. The lowest BCUT2D eigenvalue weighted by atomic mass is 9.92. The number of amides is 1. The molecule has 9 heteroatoms. The van der Waals surface area contributed by atoms with Gasteiger partial charge in [0.25, 0.3) is 0 Å². The van der Waals surface area contributed by atoms with Crippen molar-refractivity contribution < 1.29 is 18.0 Å². The number of pyridine rings is 1. The van der Waals surface area contributed by atoms with Crippen LogP contribution in [0.5, 0.6) is 0 Å². The molecule has 0 atom stereocenters. The molecule has 3 aromatic heterocycles. The number of hydrogen-bond donors (Lipinski definition) is 0. The minimum atomic E-state index is -4.51. The second kappa shape index (κ2) is 8.64. The van der Waals surface area contributed by atoms with Gasteiger partial charge in [-0.3, -0.25) is 9.78 Å². The molecule has 6 nitrogen and oxygen atoms in total. The summed E-state index contributed by atoms with van der Waals surface area (Å²) in [5.74, 6) is -0.0134. The number of hydrogen-bond acceptors (Lipinski definition) is 4. The van der Waals surface area contributed by atoms with Crippen molar-refractivity contribution in [2.75, 3.05) is 13.1 Å². The number of piperidine rings is 1. The Labute approximate surface area is 178 Å². The first-order chi connectivity index (χ1) is 14.8. The Morgan fingerprint density at radius 3 is 2.55 bits per heavy atom. The van der Waals surface area contributed by atoms with E-state index in [1.165, 1.54) is 0 Å². The Balaban J connectivity index is 1.38. The van der Waals surface area contributed by atoms with Crippen LogP contribution in [-0.4, -0.2) is 43.5 Å². The summed E-state index contributed by atoms with van der Waals surface area (Å²) < 4.78 is 41.5. The first-order valence-electron chi connectivity index (χ1n) is 10.4. The van der Waals surface area contributed by atoms with E-state index in [0.717, 1.165) is 29.0 Å².